The monoisotopic (exact) mass is 186 g/mol. The van der Waals surface area contributed by atoms with Crippen molar-refractivity contribution in [1.82, 2.24) is 0 Å². The zero-order valence-electron chi connectivity index (χ0n) is 9.26. The number of carbonyl (C=O) groups is 2. The van der Waals surface area contributed by atoms with Gasteiger partial charge in [0.05, 0.1) is 33.6 Å². The molecule has 0 aliphatic rings. The van der Waals surface area contributed by atoms with Crippen LogP contribution in [0.5, 0.6) is 0 Å². The van der Waals surface area contributed by atoms with E-state index in [-0.39, 0.29) is 17.5 Å². The highest BCUT2D eigenvalue weighted by Crippen LogP contribution is 2.09. The van der Waals surface area contributed by atoms with Gasteiger partial charge in [-0.3, -0.25) is 4.79 Å². The smallest absolute Gasteiger partial charge is 0.138 e. The Morgan fingerprint density at radius 1 is 1.15 bits per heavy atom. The molecule has 0 rings (SSSR count). The van der Waals surface area contributed by atoms with Crippen molar-refractivity contribution in [3.63, 3.8) is 0 Å². The van der Waals surface area contributed by atoms with Gasteiger partial charge in [0.2, 0.25) is 0 Å². The maximum absolute atomic E-state index is 11.2. The second-order valence-corrected chi connectivity index (χ2v) is 4.69. The summed E-state index contributed by atoms with van der Waals surface area (Å²) >= 11 is 0. The lowest BCUT2D eigenvalue weighted by Gasteiger charge is -2.27. The molecular weight excluding hydrogens is 166 g/mol. The molecule has 0 fully saturated rings. The Bertz CT molecular complexity index is 203. The molecular formula is C10H20NO2+. The van der Waals surface area contributed by atoms with Crippen molar-refractivity contribution in [2.45, 2.75) is 20.3 Å². The largest absolute Gasteiger partial charge is 0.330 e. The normalized spacial score (nSPS) is 13.9. The molecule has 0 saturated carbocycles. The molecule has 1 unspecified atom stereocenters. The van der Waals surface area contributed by atoms with Gasteiger partial charge < -0.3 is 9.28 Å². The SMILES string of the molecule is CC(=O)CC(C[N+](C)(C)C)C(C)=O. The van der Waals surface area contributed by atoms with Crippen LogP contribution in [0.15, 0.2) is 0 Å². The van der Waals surface area contributed by atoms with Crippen LogP contribution in [-0.4, -0.2) is 43.7 Å². The van der Waals surface area contributed by atoms with Crippen molar-refractivity contribution in [3.05, 3.63) is 0 Å². The van der Waals surface area contributed by atoms with Gasteiger partial charge in [0.25, 0.3) is 0 Å². The number of Topliss-reactive ketones (excluding diaryl/α,β-unsaturated/α-hetero) is 2. The maximum Gasteiger partial charge on any atom is 0.138 e. The van der Waals surface area contributed by atoms with E-state index in [1.54, 1.807) is 6.92 Å². The molecule has 0 radical (unpaired) electrons. The lowest BCUT2D eigenvalue weighted by atomic mass is 9.98. The van der Waals surface area contributed by atoms with E-state index < -0.39 is 0 Å². The van der Waals surface area contributed by atoms with Crippen molar-refractivity contribution >= 4 is 11.6 Å². The van der Waals surface area contributed by atoms with E-state index >= 15 is 0 Å². The van der Waals surface area contributed by atoms with Gasteiger partial charge in [-0.25, -0.2) is 0 Å². The first-order valence-electron chi connectivity index (χ1n) is 4.52. The Morgan fingerprint density at radius 3 is 1.85 bits per heavy atom. The topological polar surface area (TPSA) is 34.1 Å². The molecule has 76 valence electrons. The van der Waals surface area contributed by atoms with Crippen LogP contribution in [0.4, 0.5) is 0 Å². The third-order valence-corrected chi connectivity index (χ3v) is 1.88. The first-order valence-corrected chi connectivity index (χ1v) is 4.52. The number of rotatable bonds is 5. The summed E-state index contributed by atoms with van der Waals surface area (Å²) in [6.07, 6.45) is 0.380. The van der Waals surface area contributed by atoms with Crippen LogP contribution in [0, 0.1) is 5.92 Å². The molecule has 0 aromatic carbocycles. The third kappa shape index (κ3) is 6.46. The predicted octanol–water partition coefficient (Wildman–Crippen LogP) is 0.877. The van der Waals surface area contributed by atoms with Crippen molar-refractivity contribution in [1.29, 1.82) is 0 Å². The van der Waals surface area contributed by atoms with Crippen LogP contribution in [0.1, 0.15) is 20.3 Å². The Hall–Kier alpha value is -0.700. The zero-order chi connectivity index (χ0) is 10.6. The second-order valence-electron chi connectivity index (χ2n) is 4.69. The number of nitrogens with zero attached hydrogens (tertiary/aromatic N) is 1. The summed E-state index contributed by atoms with van der Waals surface area (Å²) < 4.78 is 0.720. The van der Waals surface area contributed by atoms with Gasteiger partial charge in [-0.2, -0.15) is 0 Å². The summed E-state index contributed by atoms with van der Waals surface area (Å²) in [6, 6.07) is 0. The van der Waals surface area contributed by atoms with E-state index in [9.17, 15) is 9.59 Å². The van der Waals surface area contributed by atoms with Crippen LogP contribution >= 0.6 is 0 Å². The summed E-state index contributed by atoms with van der Waals surface area (Å²) in [5, 5.41) is 0. The average molecular weight is 186 g/mol. The molecule has 1 atom stereocenters. The fourth-order valence-corrected chi connectivity index (χ4v) is 1.34. The molecule has 0 bridgehead atoms. The summed E-state index contributed by atoms with van der Waals surface area (Å²) in [6.45, 7) is 3.82. The van der Waals surface area contributed by atoms with Gasteiger partial charge in [0.15, 0.2) is 0 Å². The molecule has 0 heterocycles. The van der Waals surface area contributed by atoms with Crippen molar-refractivity contribution < 1.29 is 14.1 Å². The Balaban J connectivity index is 4.27. The molecule has 3 heteroatoms. The molecule has 13 heavy (non-hydrogen) atoms. The Kier molecular flexibility index (Phi) is 4.27. The van der Waals surface area contributed by atoms with E-state index in [1.807, 2.05) is 21.1 Å². The van der Waals surface area contributed by atoms with Crippen LogP contribution in [-0.2, 0) is 9.59 Å². The van der Waals surface area contributed by atoms with Crippen LogP contribution < -0.4 is 0 Å². The average Bonchev–Trinajstić information content (AvgIpc) is 1.81. The molecule has 0 amide bonds. The number of carbonyl (C=O) groups excluding carboxylic acids is 2. The Labute approximate surface area is 80.3 Å². The highest BCUT2D eigenvalue weighted by molar-refractivity contribution is 5.85. The molecule has 0 aromatic heterocycles. The highest BCUT2D eigenvalue weighted by Gasteiger charge is 2.23. The van der Waals surface area contributed by atoms with Gasteiger partial charge in [-0.05, 0) is 13.8 Å². The van der Waals surface area contributed by atoms with Crippen LogP contribution in [0.25, 0.3) is 0 Å². The lowest BCUT2D eigenvalue weighted by Crippen LogP contribution is -2.41. The quantitative estimate of drug-likeness (QED) is 0.597. The number of quaternary nitrogens is 1. The van der Waals surface area contributed by atoms with E-state index in [0.29, 0.717) is 6.42 Å². The van der Waals surface area contributed by atoms with E-state index in [4.69, 9.17) is 0 Å². The fraction of sp³-hybridized carbons (Fsp3) is 0.800. The molecule has 0 N–H and O–H groups in total. The van der Waals surface area contributed by atoms with E-state index in [0.717, 1.165) is 11.0 Å². The van der Waals surface area contributed by atoms with Gasteiger partial charge >= 0.3 is 0 Å². The van der Waals surface area contributed by atoms with Crippen molar-refractivity contribution in [2.24, 2.45) is 5.92 Å². The van der Waals surface area contributed by atoms with Gasteiger partial charge in [-0.1, -0.05) is 0 Å². The van der Waals surface area contributed by atoms with Crippen LogP contribution in [0.2, 0.25) is 0 Å². The minimum absolute atomic E-state index is 0.0913. The van der Waals surface area contributed by atoms with E-state index in [1.165, 1.54) is 6.92 Å². The van der Waals surface area contributed by atoms with Gasteiger partial charge in [0.1, 0.15) is 11.6 Å². The highest BCUT2D eigenvalue weighted by atomic mass is 16.1. The summed E-state index contributed by atoms with van der Waals surface area (Å²) in [7, 11) is 6.07. The summed E-state index contributed by atoms with van der Waals surface area (Å²) in [5.41, 5.74) is 0. The molecule has 0 aliphatic carbocycles. The number of hydrogen-bond acceptors (Lipinski definition) is 2. The molecule has 0 spiro atoms. The molecule has 0 saturated heterocycles. The molecule has 3 nitrogen and oxygen atoms in total. The second kappa shape index (κ2) is 4.51. The minimum Gasteiger partial charge on any atom is -0.330 e. The van der Waals surface area contributed by atoms with Gasteiger partial charge in [0, 0.05) is 6.42 Å². The van der Waals surface area contributed by atoms with Crippen molar-refractivity contribution in [2.75, 3.05) is 27.7 Å². The number of ketones is 2. The molecule has 0 aromatic rings. The van der Waals surface area contributed by atoms with Crippen molar-refractivity contribution in [3.8, 4) is 0 Å². The first-order chi connectivity index (χ1) is 5.72. The summed E-state index contributed by atoms with van der Waals surface area (Å²) in [5.74, 6) is 0.0920. The third-order valence-electron chi connectivity index (χ3n) is 1.88. The minimum atomic E-state index is -0.113. The maximum atomic E-state index is 11.2. The van der Waals surface area contributed by atoms with Gasteiger partial charge in [-0.15, -0.1) is 0 Å². The number of hydrogen-bond donors (Lipinski definition) is 0. The van der Waals surface area contributed by atoms with E-state index in [2.05, 4.69) is 0 Å². The fourth-order valence-electron chi connectivity index (χ4n) is 1.34. The summed E-state index contributed by atoms with van der Waals surface area (Å²) in [4.78, 5) is 22.1. The molecule has 0 aliphatic heterocycles. The zero-order valence-corrected chi connectivity index (χ0v) is 9.26. The van der Waals surface area contributed by atoms with Crippen LogP contribution in [0.3, 0.4) is 0 Å². The lowest BCUT2D eigenvalue weighted by molar-refractivity contribution is -0.872. The Morgan fingerprint density at radius 2 is 1.62 bits per heavy atom. The predicted molar refractivity (Wildman–Crippen MR) is 52.4 cm³/mol. The standard InChI is InChI=1S/C10H20NO2/c1-8(12)6-10(9(2)13)7-11(3,4)5/h10H,6-7H2,1-5H3/q+1. The first kappa shape index (κ1) is 12.3.